The minimum atomic E-state index is -0.208. The van der Waals surface area contributed by atoms with E-state index in [1.54, 1.807) is 12.3 Å². The van der Waals surface area contributed by atoms with E-state index < -0.39 is 0 Å². The predicted octanol–water partition coefficient (Wildman–Crippen LogP) is 0.582. The second-order valence-electron chi connectivity index (χ2n) is 4.69. The van der Waals surface area contributed by atoms with Crippen LogP contribution in [0.1, 0.15) is 28.8 Å². The topological polar surface area (TPSA) is 71.5 Å². The minimum absolute atomic E-state index is 0.142. The smallest absolute Gasteiger partial charge is 0.252 e. The first kappa shape index (κ1) is 14.5. The molecule has 0 unspecified atom stereocenters. The van der Waals surface area contributed by atoms with E-state index in [-0.39, 0.29) is 12.5 Å². The fraction of sp³-hybridized carbons (Fsp3) is 0.467. The van der Waals surface area contributed by atoms with Crippen LogP contribution in [0.5, 0.6) is 0 Å². The van der Waals surface area contributed by atoms with Gasteiger partial charge in [0, 0.05) is 37.7 Å². The summed E-state index contributed by atoms with van der Waals surface area (Å²) in [4.78, 5) is 16.0. The Morgan fingerprint density at radius 3 is 3.00 bits per heavy atom. The Kier molecular flexibility index (Phi) is 5.54. The lowest BCUT2D eigenvalue weighted by molar-refractivity contribution is 0.0642. The van der Waals surface area contributed by atoms with Crippen molar-refractivity contribution in [2.45, 2.75) is 12.8 Å². The summed E-state index contributed by atoms with van der Waals surface area (Å²) in [5.41, 5.74) is 1.11. The van der Waals surface area contributed by atoms with Gasteiger partial charge in [0.25, 0.3) is 5.91 Å². The fourth-order valence-corrected chi connectivity index (χ4v) is 2.06. The molecule has 20 heavy (non-hydrogen) atoms. The van der Waals surface area contributed by atoms with Gasteiger partial charge in [-0.05, 0) is 24.8 Å². The van der Waals surface area contributed by atoms with Gasteiger partial charge in [0.1, 0.15) is 6.61 Å². The molecule has 0 aromatic carbocycles. The number of carbonyl (C=O) groups excluding carboxylic acids is 1. The van der Waals surface area contributed by atoms with Gasteiger partial charge in [-0.2, -0.15) is 0 Å². The van der Waals surface area contributed by atoms with Crippen LogP contribution < -0.4 is 5.32 Å². The third-order valence-corrected chi connectivity index (χ3v) is 3.20. The quantitative estimate of drug-likeness (QED) is 0.791. The van der Waals surface area contributed by atoms with E-state index in [2.05, 4.69) is 22.1 Å². The van der Waals surface area contributed by atoms with E-state index in [0.29, 0.717) is 23.6 Å². The Hall–Kier alpha value is -1.90. The predicted molar refractivity (Wildman–Crippen MR) is 74.1 cm³/mol. The lowest BCUT2D eigenvalue weighted by Crippen LogP contribution is -2.32. The highest BCUT2D eigenvalue weighted by molar-refractivity contribution is 5.94. The van der Waals surface area contributed by atoms with Crippen LogP contribution in [-0.2, 0) is 4.74 Å². The number of aromatic nitrogens is 1. The number of amides is 1. The molecule has 0 bridgehead atoms. The van der Waals surface area contributed by atoms with Crippen molar-refractivity contribution < 1.29 is 14.6 Å². The summed E-state index contributed by atoms with van der Waals surface area (Å²) in [6.07, 6.45) is 5.06. The molecular formula is C15H18N2O3. The zero-order valence-corrected chi connectivity index (χ0v) is 11.3. The van der Waals surface area contributed by atoms with Gasteiger partial charge in [0.2, 0.25) is 0 Å². The van der Waals surface area contributed by atoms with Crippen LogP contribution in [0.3, 0.4) is 0 Å². The van der Waals surface area contributed by atoms with Crippen molar-refractivity contribution in [3.63, 3.8) is 0 Å². The summed E-state index contributed by atoms with van der Waals surface area (Å²) >= 11 is 0. The summed E-state index contributed by atoms with van der Waals surface area (Å²) in [7, 11) is 0. The van der Waals surface area contributed by atoms with Crippen molar-refractivity contribution >= 4 is 5.91 Å². The van der Waals surface area contributed by atoms with Crippen molar-refractivity contribution in [3.05, 3.63) is 29.6 Å². The van der Waals surface area contributed by atoms with Gasteiger partial charge in [0.15, 0.2) is 0 Å². The number of carbonyl (C=O) groups is 1. The van der Waals surface area contributed by atoms with Crippen molar-refractivity contribution in [2.75, 3.05) is 26.4 Å². The highest BCUT2D eigenvalue weighted by atomic mass is 16.5. The highest BCUT2D eigenvalue weighted by Crippen LogP contribution is 2.13. The van der Waals surface area contributed by atoms with E-state index in [9.17, 15) is 4.79 Å². The first-order valence-corrected chi connectivity index (χ1v) is 6.70. The molecule has 1 aromatic rings. The molecule has 5 nitrogen and oxygen atoms in total. The average molecular weight is 274 g/mol. The molecule has 1 aliphatic heterocycles. The van der Waals surface area contributed by atoms with E-state index in [0.717, 1.165) is 26.1 Å². The number of hydrogen-bond donors (Lipinski definition) is 2. The molecule has 0 radical (unpaired) electrons. The summed E-state index contributed by atoms with van der Waals surface area (Å²) in [5, 5.41) is 11.6. The molecule has 1 saturated heterocycles. The molecule has 2 heterocycles. The van der Waals surface area contributed by atoms with E-state index in [1.165, 1.54) is 6.20 Å². The number of nitrogens with one attached hydrogen (secondary N) is 1. The van der Waals surface area contributed by atoms with Gasteiger partial charge in [-0.3, -0.25) is 9.78 Å². The Balaban J connectivity index is 1.91. The second-order valence-corrected chi connectivity index (χ2v) is 4.69. The number of pyridine rings is 1. The molecule has 5 heteroatoms. The molecule has 1 aromatic heterocycles. The van der Waals surface area contributed by atoms with Gasteiger partial charge < -0.3 is 15.2 Å². The van der Waals surface area contributed by atoms with Crippen LogP contribution >= 0.6 is 0 Å². The van der Waals surface area contributed by atoms with Crippen LogP contribution in [0, 0.1) is 17.8 Å². The van der Waals surface area contributed by atoms with Crippen molar-refractivity contribution in [3.8, 4) is 11.8 Å². The molecule has 0 spiro atoms. The molecule has 1 aliphatic rings. The number of rotatable bonds is 3. The number of hydrogen-bond acceptors (Lipinski definition) is 4. The fourth-order valence-electron chi connectivity index (χ4n) is 2.06. The molecular weight excluding hydrogens is 256 g/mol. The SMILES string of the molecule is O=C(NCC1CCOCC1)c1cncc(C#CCO)c1. The van der Waals surface area contributed by atoms with Gasteiger partial charge >= 0.3 is 0 Å². The Morgan fingerprint density at radius 1 is 1.45 bits per heavy atom. The molecule has 1 fully saturated rings. The van der Waals surface area contributed by atoms with Crippen molar-refractivity contribution in [2.24, 2.45) is 5.92 Å². The van der Waals surface area contributed by atoms with E-state index in [1.807, 2.05) is 0 Å². The Bertz CT molecular complexity index is 513. The standard InChI is InChI=1S/C15H18N2O3/c18-5-1-2-13-8-14(11-16-9-13)15(19)17-10-12-3-6-20-7-4-12/h8-9,11-12,18H,3-7,10H2,(H,17,19). The van der Waals surface area contributed by atoms with Crippen LogP contribution in [0.25, 0.3) is 0 Å². The lowest BCUT2D eigenvalue weighted by atomic mass is 10.0. The summed E-state index contributed by atoms with van der Waals surface area (Å²) in [6, 6.07) is 1.68. The number of aliphatic hydroxyl groups is 1. The third kappa shape index (κ3) is 4.34. The summed E-state index contributed by atoms with van der Waals surface area (Å²) < 4.78 is 5.29. The minimum Gasteiger partial charge on any atom is -0.384 e. The van der Waals surface area contributed by atoms with Gasteiger partial charge in [0.05, 0.1) is 5.56 Å². The van der Waals surface area contributed by atoms with Gasteiger partial charge in [-0.15, -0.1) is 0 Å². The first-order valence-electron chi connectivity index (χ1n) is 6.70. The maximum absolute atomic E-state index is 12.0. The monoisotopic (exact) mass is 274 g/mol. The molecule has 2 rings (SSSR count). The largest absolute Gasteiger partial charge is 0.384 e. The number of nitrogens with zero attached hydrogens (tertiary/aromatic N) is 1. The normalized spacial score (nSPS) is 15.2. The Labute approximate surface area is 118 Å². The van der Waals surface area contributed by atoms with Crippen molar-refractivity contribution in [1.82, 2.24) is 10.3 Å². The maximum atomic E-state index is 12.0. The molecule has 0 aliphatic carbocycles. The number of aliphatic hydroxyl groups excluding tert-OH is 1. The van der Waals surface area contributed by atoms with Crippen molar-refractivity contribution in [1.29, 1.82) is 0 Å². The third-order valence-electron chi connectivity index (χ3n) is 3.20. The molecule has 2 N–H and O–H groups in total. The summed E-state index contributed by atoms with van der Waals surface area (Å²) in [5.74, 6) is 5.61. The van der Waals surface area contributed by atoms with Crippen LogP contribution in [0.15, 0.2) is 18.5 Å². The van der Waals surface area contributed by atoms with E-state index in [4.69, 9.17) is 9.84 Å². The highest BCUT2D eigenvalue weighted by Gasteiger charge is 2.15. The molecule has 0 atom stereocenters. The molecule has 0 saturated carbocycles. The van der Waals surface area contributed by atoms with Crippen LogP contribution in [0.2, 0.25) is 0 Å². The summed E-state index contributed by atoms with van der Waals surface area (Å²) in [6.45, 7) is 2.00. The van der Waals surface area contributed by atoms with E-state index >= 15 is 0 Å². The first-order chi connectivity index (χ1) is 9.79. The Morgan fingerprint density at radius 2 is 2.25 bits per heavy atom. The van der Waals surface area contributed by atoms with Gasteiger partial charge in [-0.25, -0.2) is 0 Å². The maximum Gasteiger partial charge on any atom is 0.252 e. The molecule has 106 valence electrons. The van der Waals surface area contributed by atoms with Crippen LogP contribution in [0.4, 0.5) is 0 Å². The van der Waals surface area contributed by atoms with Crippen LogP contribution in [-0.4, -0.2) is 42.4 Å². The lowest BCUT2D eigenvalue weighted by Gasteiger charge is -2.22. The zero-order chi connectivity index (χ0) is 14.2. The molecule has 1 amide bonds. The zero-order valence-electron chi connectivity index (χ0n) is 11.3. The second kappa shape index (κ2) is 7.63. The number of ether oxygens (including phenoxy) is 1. The van der Waals surface area contributed by atoms with Gasteiger partial charge in [-0.1, -0.05) is 11.8 Å². The average Bonchev–Trinajstić information content (AvgIpc) is 2.52.